The van der Waals surface area contributed by atoms with Crippen molar-refractivity contribution in [1.82, 2.24) is 0 Å². The number of carbonyl (C=O) groups is 1. The summed E-state index contributed by atoms with van der Waals surface area (Å²) in [5.74, 6) is 0.918. The molecule has 0 fully saturated rings. The predicted octanol–water partition coefficient (Wildman–Crippen LogP) is 6.45. The van der Waals surface area contributed by atoms with E-state index in [0.29, 0.717) is 40.7 Å². The first-order valence-corrected chi connectivity index (χ1v) is 12.9. The van der Waals surface area contributed by atoms with Crippen LogP contribution in [0.25, 0.3) is 0 Å². The van der Waals surface area contributed by atoms with Crippen LogP contribution in [0.3, 0.4) is 0 Å². The van der Waals surface area contributed by atoms with Gasteiger partial charge in [0.05, 0.1) is 19.8 Å². The SMILES string of the molecule is COc1ccc(C(=O)C(c2ccc(OC)cc2OCc2ccccc2)C(OC)OC)c(OCc2ccccc2)c1. The summed E-state index contributed by atoms with van der Waals surface area (Å²) in [7, 11) is 6.16. The Labute approximate surface area is 235 Å². The van der Waals surface area contributed by atoms with Crippen LogP contribution in [-0.2, 0) is 22.7 Å². The van der Waals surface area contributed by atoms with Gasteiger partial charge in [-0.25, -0.2) is 0 Å². The third-order valence-corrected chi connectivity index (χ3v) is 6.50. The lowest BCUT2D eigenvalue weighted by molar-refractivity contribution is -0.110. The maximum absolute atomic E-state index is 14.3. The smallest absolute Gasteiger partial charge is 0.179 e. The van der Waals surface area contributed by atoms with Gasteiger partial charge in [0.1, 0.15) is 42.1 Å². The Hall–Kier alpha value is -4.33. The summed E-state index contributed by atoms with van der Waals surface area (Å²) >= 11 is 0. The van der Waals surface area contributed by atoms with Crippen molar-refractivity contribution >= 4 is 5.78 Å². The Kier molecular flexibility index (Phi) is 10.2. The van der Waals surface area contributed by atoms with Crippen LogP contribution in [-0.4, -0.2) is 40.5 Å². The van der Waals surface area contributed by atoms with Crippen molar-refractivity contribution < 1.29 is 33.2 Å². The van der Waals surface area contributed by atoms with Crippen molar-refractivity contribution in [2.24, 2.45) is 0 Å². The van der Waals surface area contributed by atoms with Crippen LogP contribution < -0.4 is 18.9 Å². The van der Waals surface area contributed by atoms with Crippen molar-refractivity contribution in [1.29, 1.82) is 0 Å². The van der Waals surface area contributed by atoms with Gasteiger partial charge in [-0.3, -0.25) is 4.79 Å². The number of ether oxygens (including phenoxy) is 6. The molecule has 0 bridgehead atoms. The van der Waals surface area contributed by atoms with Gasteiger partial charge in [0.2, 0.25) is 0 Å². The summed E-state index contributed by atoms with van der Waals surface area (Å²) in [5.41, 5.74) is 2.92. The molecule has 7 nitrogen and oxygen atoms in total. The minimum atomic E-state index is -0.899. The normalized spacial score (nSPS) is 11.6. The molecular weight excluding hydrogens is 508 g/mol. The number of Topliss-reactive ketones (excluding diaryl/α,β-unsaturated/α-hetero) is 1. The van der Waals surface area contributed by atoms with Crippen molar-refractivity contribution in [3.63, 3.8) is 0 Å². The first kappa shape index (κ1) is 28.7. The van der Waals surface area contributed by atoms with E-state index in [9.17, 15) is 4.79 Å². The standard InChI is InChI=1S/C33H34O7/c1-35-25-15-17-27(29(19-25)39-21-23-11-7-5-8-12-23)31(33(37-3)38-4)32(34)28-18-16-26(36-2)20-30(28)40-22-24-13-9-6-10-14-24/h5-20,31,33H,21-22H2,1-4H3. The predicted molar refractivity (Wildman–Crippen MR) is 152 cm³/mol. The molecule has 4 aromatic rings. The van der Waals surface area contributed by atoms with Crippen LogP contribution in [0, 0.1) is 0 Å². The Bertz CT molecular complexity index is 1370. The lowest BCUT2D eigenvalue weighted by Gasteiger charge is -2.27. The largest absolute Gasteiger partial charge is 0.497 e. The fourth-order valence-corrected chi connectivity index (χ4v) is 4.39. The first-order valence-electron chi connectivity index (χ1n) is 12.9. The molecule has 1 atom stereocenters. The second-order valence-electron chi connectivity index (χ2n) is 9.00. The molecule has 0 aliphatic heterocycles. The molecule has 208 valence electrons. The monoisotopic (exact) mass is 542 g/mol. The fourth-order valence-electron chi connectivity index (χ4n) is 4.39. The number of carbonyl (C=O) groups excluding carboxylic acids is 1. The maximum Gasteiger partial charge on any atom is 0.179 e. The summed E-state index contributed by atoms with van der Waals surface area (Å²) in [6, 6.07) is 30.0. The summed E-state index contributed by atoms with van der Waals surface area (Å²) in [6.07, 6.45) is -0.899. The highest BCUT2D eigenvalue weighted by atomic mass is 16.7. The van der Waals surface area contributed by atoms with Crippen LogP contribution in [0.5, 0.6) is 23.0 Å². The van der Waals surface area contributed by atoms with Crippen LogP contribution in [0.1, 0.15) is 33.0 Å². The highest BCUT2D eigenvalue weighted by Crippen LogP contribution is 2.39. The Morgan fingerprint density at radius 2 is 1.12 bits per heavy atom. The van der Waals surface area contributed by atoms with E-state index < -0.39 is 12.2 Å². The molecule has 0 saturated heterocycles. The van der Waals surface area contributed by atoms with Gasteiger partial charge >= 0.3 is 0 Å². The minimum absolute atomic E-state index is 0.255. The Morgan fingerprint density at radius 3 is 1.65 bits per heavy atom. The molecule has 0 aliphatic carbocycles. The van der Waals surface area contributed by atoms with Crippen LogP contribution in [0.2, 0.25) is 0 Å². The summed E-state index contributed by atoms with van der Waals surface area (Å²) in [5, 5.41) is 0. The van der Waals surface area contributed by atoms with E-state index in [1.165, 1.54) is 14.2 Å². The molecule has 0 amide bonds. The number of hydrogen-bond donors (Lipinski definition) is 0. The molecule has 0 heterocycles. The quantitative estimate of drug-likeness (QED) is 0.134. The molecule has 0 radical (unpaired) electrons. The van der Waals surface area contributed by atoms with E-state index in [0.717, 1.165) is 11.1 Å². The van der Waals surface area contributed by atoms with Gasteiger partial charge in [-0.05, 0) is 29.3 Å². The van der Waals surface area contributed by atoms with Gasteiger partial charge in [0.25, 0.3) is 0 Å². The number of rotatable bonds is 14. The number of benzene rings is 4. The third-order valence-electron chi connectivity index (χ3n) is 6.50. The van der Waals surface area contributed by atoms with Gasteiger partial charge in [-0.15, -0.1) is 0 Å². The molecule has 0 spiro atoms. The molecule has 4 rings (SSSR count). The molecule has 0 saturated carbocycles. The first-order chi connectivity index (χ1) is 19.6. The number of ketones is 1. The topological polar surface area (TPSA) is 72.5 Å². The van der Waals surface area contributed by atoms with Crippen molar-refractivity contribution in [2.45, 2.75) is 25.4 Å². The molecule has 0 aliphatic rings. The summed E-state index contributed by atoms with van der Waals surface area (Å²) in [4.78, 5) is 14.3. The zero-order valence-electron chi connectivity index (χ0n) is 23.2. The van der Waals surface area contributed by atoms with E-state index >= 15 is 0 Å². The Morgan fingerprint density at radius 1 is 0.625 bits per heavy atom. The third kappa shape index (κ3) is 7.00. The van der Waals surface area contributed by atoms with E-state index in [-0.39, 0.29) is 12.4 Å². The van der Waals surface area contributed by atoms with Gasteiger partial charge in [-0.1, -0.05) is 66.7 Å². The van der Waals surface area contributed by atoms with E-state index in [4.69, 9.17) is 28.4 Å². The zero-order chi connectivity index (χ0) is 28.3. The van der Waals surface area contributed by atoms with E-state index in [2.05, 4.69) is 0 Å². The second kappa shape index (κ2) is 14.2. The van der Waals surface area contributed by atoms with Crippen molar-refractivity contribution in [3.05, 3.63) is 119 Å². The zero-order valence-corrected chi connectivity index (χ0v) is 23.2. The van der Waals surface area contributed by atoms with Crippen LogP contribution in [0.15, 0.2) is 97.1 Å². The molecule has 7 heteroatoms. The number of hydrogen-bond acceptors (Lipinski definition) is 7. The summed E-state index contributed by atoms with van der Waals surface area (Å²) in [6.45, 7) is 0.589. The van der Waals surface area contributed by atoms with E-state index in [1.807, 2.05) is 60.7 Å². The molecule has 4 aromatic carbocycles. The average molecular weight is 543 g/mol. The molecule has 1 unspecified atom stereocenters. The maximum atomic E-state index is 14.3. The van der Waals surface area contributed by atoms with Crippen LogP contribution in [0.4, 0.5) is 0 Å². The minimum Gasteiger partial charge on any atom is -0.497 e. The highest BCUT2D eigenvalue weighted by Gasteiger charge is 2.35. The van der Waals surface area contributed by atoms with Gasteiger partial charge in [-0.2, -0.15) is 0 Å². The van der Waals surface area contributed by atoms with Gasteiger partial charge < -0.3 is 28.4 Å². The molecular formula is C33H34O7. The second-order valence-corrected chi connectivity index (χ2v) is 9.00. The van der Waals surface area contributed by atoms with Crippen molar-refractivity contribution in [2.75, 3.05) is 28.4 Å². The van der Waals surface area contributed by atoms with E-state index in [1.54, 1.807) is 50.6 Å². The molecule has 0 aromatic heterocycles. The molecule has 40 heavy (non-hydrogen) atoms. The van der Waals surface area contributed by atoms with Crippen molar-refractivity contribution in [3.8, 4) is 23.0 Å². The lowest BCUT2D eigenvalue weighted by atomic mass is 9.88. The number of methoxy groups -OCH3 is 4. The Balaban J connectivity index is 1.74. The lowest BCUT2D eigenvalue weighted by Crippen LogP contribution is -2.30. The highest BCUT2D eigenvalue weighted by molar-refractivity contribution is 6.04. The fraction of sp³-hybridized carbons (Fsp3) is 0.242. The average Bonchev–Trinajstić information content (AvgIpc) is 3.02. The summed E-state index contributed by atoms with van der Waals surface area (Å²) < 4.78 is 34.6. The van der Waals surface area contributed by atoms with Gasteiger partial charge in [0.15, 0.2) is 12.1 Å². The molecule has 0 N–H and O–H groups in total. The van der Waals surface area contributed by atoms with Gasteiger partial charge in [0, 0.05) is 31.9 Å². The van der Waals surface area contributed by atoms with Crippen LogP contribution >= 0.6 is 0 Å².